The third kappa shape index (κ3) is 2.91. The van der Waals surface area contributed by atoms with E-state index in [1.807, 2.05) is 0 Å². The standard InChI is InChI=1S/C19H28N4/c1-3-22-8-7-18-16(5-4-6-19(18)22)13-21-10-12-23-11-9-20(2)14-17(23)15-21/h4-8,17H,3,9-15H2,1-2H3/t17-/m0/s1. The molecule has 0 spiro atoms. The van der Waals surface area contributed by atoms with E-state index in [1.165, 1.54) is 55.7 Å². The van der Waals surface area contributed by atoms with Gasteiger partial charge >= 0.3 is 0 Å². The van der Waals surface area contributed by atoms with E-state index >= 15 is 0 Å². The summed E-state index contributed by atoms with van der Waals surface area (Å²) < 4.78 is 2.34. The molecular formula is C19H28N4. The lowest BCUT2D eigenvalue weighted by molar-refractivity contribution is 0.0176. The Kier molecular flexibility index (Phi) is 4.14. The average molecular weight is 312 g/mol. The Hall–Kier alpha value is -1.36. The average Bonchev–Trinajstić information content (AvgIpc) is 2.98. The summed E-state index contributed by atoms with van der Waals surface area (Å²) in [6, 6.07) is 9.77. The van der Waals surface area contributed by atoms with Crippen molar-refractivity contribution in [2.24, 2.45) is 0 Å². The minimum atomic E-state index is 0.710. The Morgan fingerprint density at radius 2 is 1.91 bits per heavy atom. The third-order valence-corrected chi connectivity index (χ3v) is 5.62. The summed E-state index contributed by atoms with van der Waals surface area (Å²) >= 11 is 0. The van der Waals surface area contributed by atoms with Gasteiger partial charge in [-0.2, -0.15) is 0 Å². The maximum absolute atomic E-state index is 2.69. The van der Waals surface area contributed by atoms with E-state index in [-0.39, 0.29) is 0 Å². The van der Waals surface area contributed by atoms with Gasteiger partial charge in [0.2, 0.25) is 0 Å². The van der Waals surface area contributed by atoms with Crippen LogP contribution in [0.4, 0.5) is 0 Å². The lowest BCUT2D eigenvalue weighted by atomic mass is 10.1. The Morgan fingerprint density at radius 3 is 2.78 bits per heavy atom. The molecule has 1 aromatic heterocycles. The predicted molar refractivity (Wildman–Crippen MR) is 95.7 cm³/mol. The smallest absolute Gasteiger partial charge is 0.0483 e. The molecule has 2 aliphatic heterocycles. The van der Waals surface area contributed by atoms with Gasteiger partial charge in [-0.05, 0) is 31.7 Å². The van der Waals surface area contributed by atoms with Crippen LogP contribution in [0, 0.1) is 0 Å². The molecule has 3 heterocycles. The van der Waals surface area contributed by atoms with Crippen LogP contribution in [0.15, 0.2) is 30.5 Å². The number of nitrogens with zero attached hydrogens (tertiary/aromatic N) is 4. The number of rotatable bonds is 3. The van der Waals surface area contributed by atoms with Crippen LogP contribution >= 0.6 is 0 Å². The normalized spacial score (nSPS) is 24.2. The zero-order valence-electron chi connectivity index (χ0n) is 14.4. The molecule has 124 valence electrons. The number of benzene rings is 1. The van der Waals surface area contributed by atoms with E-state index in [1.54, 1.807) is 0 Å². The summed E-state index contributed by atoms with van der Waals surface area (Å²) in [5.74, 6) is 0. The highest BCUT2D eigenvalue weighted by Gasteiger charge is 2.30. The molecule has 4 heteroatoms. The number of fused-ring (bicyclic) bond motifs is 2. The summed E-state index contributed by atoms with van der Waals surface area (Å²) in [5, 5.41) is 1.43. The van der Waals surface area contributed by atoms with Crippen molar-refractivity contribution < 1.29 is 0 Å². The highest BCUT2D eigenvalue weighted by atomic mass is 15.3. The van der Waals surface area contributed by atoms with Gasteiger partial charge in [0.25, 0.3) is 0 Å². The fourth-order valence-corrected chi connectivity index (χ4v) is 4.26. The van der Waals surface area contributed by atoms with Crippen LogP contribution in [0.25, 0.3) is 10.9 Å². The van der Waals surface area contributed by atoms with Gasteiger partial charge in [0, 0.05) is 75.5 Å². The van der Waals surface area contributed by atoms with Crippen LogP contribution in [0.5, 0.6) is 0 Å². The first-order valence-electron chi connectivity index (χ1n) is 8.96. The van der Waals surface area contributed by atoms with Gasteiger partial charge in [-0.1, -0.05) is 12.1 Å². The highest BCUT2D eigenvalue weighted by Crippen LogP contribution is 2.23. The molecule has 2 aromatic rings. The number of hydrogen-bond donors (Lipinski definition) is 0. The quantitative estimate of drug-likeness (QED) is 0.862. The van der Waals surface area contributed by atoms with Crippen molar-refractivity contribution >= 4 is 10.9 Å². The fraction of sp³-hybridized carbons (Fsp3) is 0.579. The fourth-order valence-electron chi connectivity index (χ4n) is 4.26. The third-order valence-electron chi connectivity index (χ3n) is 5.62. The van der Waals surface area contributed by atoms with E-state index in [4.69, 9.17) is 0 Å². The highest BCUT2D eigenvalue weighted by molar-refractivity contribution is 5.83. The molecule has 0 unspecified atom stereocenters. The summed E-state index contributed by atoms with van der Waals surface area (Å²) in [7, 11) is 2.25. The minimum absolute atomic E-state index is 0.710. The number of piperazine rings is 2. The minimum Gasteiger partial charge on any atom is -0.348 e. The van der Waals surface area contributed by atoms with Crippen LogP contribution in [0.2, 0.25) is 0 Å². The molecule has 0 saturated carbocycles. The molecule has 4 nitrogen and oxygen atoms in total. The summed E-state index contributed by atoms with van der Waals surface area (Å²) in [6.45, 7) is 11.6. The lowest BCUT2D eigenvalue weighted by Crippen LogP contribution is -2.61. The molecule has 0 bridgehead atoms. The molecule has 2 saturated heterocycles. The Labute approximate surface area is 139 Å². The van der Waals surface area contributed by atoms with Gasteiger partial charge in [0.1, 0.15) is 0 Å². The molecule has 0 radical (unpaired) electrons. The summed E-state index contributed by atoms with van der Waals surface area (Å²) in [6.07, 6.45) is 2.22. The second-order valence-electron chi connectivity index (χ2n) is 7.14. The predicted octanol–water partition coefficient (Wildman–Crippen LogP) is 2.09. The second-order valence-corrected chi connectivity index (χ2v) is 7.14. The van der Waals surface area contributed by atoms with Crippen molar-refractivity contribution in [3.8, 4) is 0 Å². The van der Waals surface area contributed by atoms with Gasteiger partial charge in [0.05, 0.1) is 0 Å². The number of likely N-dealkylation sites (N-methyl/N-ethyl adjacent to an activating group) is 1. The zero-order chi connectivity index (χ0) is 15.8. The Bertz CT molecular complexity index is 677. The van der Waals surface area contributed by atoms with Gasteiger partial charge in [-0.15, -0.1) is 0 Å². The number of hydrogen-bond acceptors (Lipinski definition) is 3. The molecular weight excluding hydrogens is 284 g/mol. The maximum atomic E-state index is 2.69. The van der Waals surface area contributed by atoms with Crippen LogP contribution in [0.3, 0.4) is 0 Å². The van der Waals surface area contributed by atoms with Crippen molar-refractivity contribution in [1.82, 2.24) is 19.3 Å². The van der Waals surface area contributed by atoms with E-state index in [2.05, 4.69) is 63.7 Å². The van der Waals surface area contributed by atoms with Crippen LogP contribution in [-0.2, 0) is 13.1 Å². The largest absolute Gasteiger partial charge is 0.348 e. The van der Waals surface area contributed by atoms with Crippen molar-refractivity contribution in [3.63, 3.8) is 0 Å². The molecule has 2 aliphatic rings. The Morgan fingerprint density at radius 1 is 1.04 bits per heavy atom. The van der Waals surface area contributed by atoms with Crippen molar-refractivity contribution in [2.75, 3.05) is 46.3 Å². The van der Waals surface area contributed by atoms with Crippen molar-refractivity contribution in [1.29, 1.82) is 0 Å². The van der Waals surface area contributed by atoms with Gasteiger partial charge in [-0.25, -0.2) is 0 Å². The van der Waals surface area contributed by atoms with Crippen molar-refractivity contribution in [2.45, 2.75) is 26.1 Å². The molecule has 0 amide bonds. The van der Waals surface area contributed by atoms with E-state index < -0.39 is 0 Å². The Balaban J connectivity index is 1.51. The maximum Gasteiger partial charge on any atom is 0.0483 e. The SMILES string of the molecule is CCn1ccc2c(CN3CCN4CCN(C)C[C@H]4C3)cccc21. The summed E-state index contributed by atoms with van der Waals surface area (Å²) in [4.78, 5) is 7.82. The summed E-state index contributed by atoms with van der Waals surface area (Å²) in [5.41, 5.74) is 2.85. The van der Waals surface area contributed by atoms with E-state index in [0.717, 1.165) is 13.1 Å². The van der Waals surface area contributed by atoms with Crippen LogP contribution in [-0.4, -0.2) is 71.6 Å². The monoisotopic (exact) mass is 312 g/mol. The first-order chi connectivity index (χ1) is 11.2. The van der Waals surface area contributed by atoms with Crippen molar-refractivity contribution in [3.05, 3.63) is 36.0 Å². The van der Waals surface area contributed by atoms with Crippen LogP contribution in [0.1, 0.15) is 12.5 Å². The van der Waals surface area contributed by atoms with Crippen LogP contribution < -0.4 is 0 Å². The van der Waals surface area contributed by atoms with Gasteiger partial charge in [0.15, 0.2) is 0 Å². The lowest BCUT2D eigenvalue weighted by Gasteiger charge is -2.46. The first kappa shape index (κ1) is 15.2. The van der Waals surface area contributed by atoms with E-state index in [0.29, 0.717) is 6.04 Å². The van der Waals surface area contributed by atoms with Gasteiger partial charge in [-0.3, -0.25) is 9.80 Å². The molecule has 0 N–H and O–H groups in total. The topological polar surface area (TPSA) is 14.7 Å². The molecule has 4 rings (SSSR count). The second kappa shape index (κ2) is 6.27. The van der Waals surface area contributed by atoms with E-state index in [9.17, 15) is 0 Å². The first-order valence-corrected chi connectivity index (χ1v) is 8.96. The zero-order valence-corrected chi connectivity index (χ0v) is 14.4. The number of aromatic nitrogens is 1. The molecule has 0 aliphatic carbocycles. The molecule has 2 fully saturated rings. The molecule has 23 heavy (non-hydrogen) atoms. The van der Waals surface area contributed by atoms with Gasteiger partial charge < -0.3 is 9.47 Å². The molecule has 1 aromatic carbocycles. The number of aryl methyl sites for hydroxylation is 1. The molecule has 1 atom stereocenters.